The average Bonchev–Trinajstić information content (AvgIpc) is 3.07. The van der Waals surface area contributed by atoms with Gasteiger partial charge in [0.1, 0.15) is 17.8 Å². The third-order valence-corrected chi connectivity index (χ3v) is 4.52. The average molecular weight is 343 g/mol. The Kier molecular flexibility index (Phi) is 4.77. The van der Waals surface area contributed by atoms with Gasteiger partial charge in [-0.1, -0.05) is 12.8 Å². The van der Waals surface area contributed by atoms with Gasteiger partial charge in [-0.3, -0.25) is 0 Å². The smallest absolute Gasteiger partial charge is 0.353 e. The molecule has 3 rings (SSSR count). The molecule has 2 fully saturated rings. The Balaban J connectivity index is 1.56. The SMILES string of the molecule is O=C(NC1CCCC1)N1CCN(c2cc(C(F)(F)F)ncn2)CC1. The van der Waals surface area contributed by atoms with E-state index in [9.17, 15) is 18.0 Å². The highest BCUT2D eigenvalue weighted by molar-refractivity contribution is 5.75. The van der Waals surface area contributed by atoms with Crippen LogP contribution in [0.1, 0.15) is 31.4 Å². The molecule has 24 heavy (non-hydrogen) atoms. The monoisotopic (exact) mass is 343 g/mol. The van der Waals surface area contributed by atoms with Crippen LogP contribution >= 0.6 is 0 Å². The van der Waals surface area contributed by atoms with Crippen molar-refractivity contribution in [2.45, 2.75) is 37.9 Å². The molecule has 0 unspecified atom stereocenters. The van der Waals surface area contributed by atoms with Crippen LogP contribution in [0.2, 0.25) is 0 Å². The largest absolute Gasteiger partial charge is 0.433 e. The fourth-order valence-electron chi connectivity index (χ4n) is 3.15. The minimum atomic E-state index is -4.49. The molecule has 6 nitrogen and oxygen atoms in total. The first-order valence-corrected chi connectivity index (χ1v) is 8.13. The van der Waals surface area contributed by atoms with Gasteiger partial charge in [0.25, 0.3) is 0 Å². The zero-order valence-corrected chi connectivity index (χ0v) is 13.2. The van der Waals surface area contributed by atoms with Gasteiger partial charge in [0.2, 0.25) is 0 Å². The number of anilines is 1. The van der Waals surface area contributed by atoms with Gasteiger partial charge in [0.15, 0.2) is 0 Å². The van der Waals surface area contributed by atoms with Crippen molar-refractivity contribution in [1.82, 2.24) is 20.2 Å². The standard InChI is InChI=1S/C15H20F3N5O/c16-15(17,18)12-9-13(20-10-19-12)22-5-7-23(8-6-22)14(24)21-11-3-1-2-4-11/h9-11H,1-8H2,(H,21,24). The van der Waals surface area contributed by atoms with Crippen LogP contribution in [0, 0.1) is 0 Å². The van der Waals surface area contributed by atoms with Gasteiger partial charge in [-0.2, -0.15) is 13.2 Å². The first-order valence-electron chi connectivity index (χ1n) is 8.13. The maximum absolute atomic E-state index is 12.7. The zero-order valence-electron chi connectivity index (χ0n) is 13.2. The van der Waals surface area contributed by atoms with Crippen molar-refractivity contribution in [2.24, 2.45) is 0 Å². The van der Waals surface area contributed by atoms with Crippen LogP contribution in [0.4, 0.5) is 23.8 Å². The first-order chi connectivity index (χ1) is 11.4. The number of nitrogens with zero attached hydrogens (tertiary/aromatic N) is 4. The number of urea groups is 1. The second kappa shape index (κ2) is 6.82. The van der Waals surface area contributed by atoms with Crippen molar-refractivity contribution in [3.8, 4) is 0 Å². The summed E-state index contributed by atoms with van der Waals surface area (Å²) in [6, 6.07) is 1.13. The van der Waals surface area contributed by atoms with Crippen LogP contribution in [0.25, 0.3) is 0 Å². The lowest BCUT2D eigenvalue weighted by Crippen LogP contribution is -2.53. The van der Waals surface area contributed by atoms with Crippen molar-refractivity contribution in [3.63, 3.8) is 0 Å². The van der Waals surface area contributed by atoms with E-state index >= 15 is 0 Å². The molecule has 1 aliphatic carbocycles. The molecule has 0 spiro atoms. The quantitative estimate of drug-likeness (QED) is 0.895. The predicted octanol–water partition coefficient (Wildman–Crippen LogP) is 2.27. The molecular weight excluding hydrogens is 323 g/mol. The second-order valence-corrected chi connectivity index (χ2v) is 6.16. The van der Waals surface area contributed by atoms with E-state index in [-0.39, 0.29) is 17.9 Å². The highest BCUT2D eigenvalue weighted by Gasteiger charge is 2.33. The van der Waals surface area contributed by atoms with Gasteiger partial charge in [-0.15, -0.1) is 0 Å². The van der Waals surface area contributed by atoms with Crippen LogP contribution in [0.3, 0.4) is 0 Å². The highest BCUT2D eigenvalue weighted by Crippen LogP contribution is 2.29. The minimum absolute atomic E-state index is 0.0831. The maximum Gasteiger partial charge on any atom is 0.433 e. The number of piperazine rings is 1. The molecule has 1 saturated heterocycles. The molecule has 1 N–H and O–H groups in total. The van der Waals surface area contributed by atoms with Crippen LogP contribution in [0.15, 0.2) is 12.4 Å². The number of alkyl halides is 3. The number of aromatic nitrogens is 2. The normalized spacial score (nSPS) is 19.6. The molecule has 2 amide bonds. The Morgan fingerprint density at radius 3 is 2.42 bits per heavy atom. The summed E-state index contributed by atoms with van der Waals surface area (Å²) in [5, 5.41) is 3.03. The number of hydrogen-bond acceptors (Lipinski definition) is 4. The van der Waals surface area contributed by atoms with Crippen LogP contribution in [-0.2, 0) is 6.18 Å². The summed E-state index contributed by atoms with van der Waals surface area (Å²) in [7, 11) is 0. The number of carbonyl (C=O) groups excluding carboxylic acids is 1. The third-order valence-electron chi connectivity index (χ3n) is 4.52. The summed E-state index contributed by atoms with van der Waals surface area (Å²) in [6.45, 7) is 1.83. The molecule has 0 aromatic carbocycles. The molecule has 0 radical (unpaired) electrons. The van der Waals surface area contributed by atoms with E-state index in [0.717, 1.165) is 38.1 Å². The topological polar surface area (TPSA) is 61.4 Å². The molecule has 1 aromatic heterocycles. The van der Waals surface area contributed by atoms with E-state index in [1.807, 2.05) is 0 Å². The van der Waals surface area contributed by atoms with Crippen molar-refractivity contribution < 1.29 is 18.0 Å². The molecule has 1 aromatic rings. The number of hydrogen-bond donors (Lipinski definition) is 1. The molecule has 9 heteroatoms. The van der Waals surface area contributed by atoms with Crippen LogP contribution < -0.4 is 10.2 Å². The maximum atomic E-state index is 12.7. The van der Waals surface area contributed by atoms with Crippen molar-refractivity contribution in [1.29, 1.82) is 0 Å². The van der Waals surface area contributed by atoms with Crippen molar-refractivity contribution in [2.75, 3.05) is 31.1 Å². The number of rotatable bonds is 2. The fourth-order valence-corrected chi connectivity index (χ4v) is 3.15. The summed E-state index contributed by atoms with van der Waals surface area (Å²) in [5.41, 5.74) is -0.950. The molecule has 132 valence electrons. The second-order valence-electron chi connectivity index (χ2n) is 6.16. The predicted molar refractivity (Wildman–Crippen MR) is 81.6 cm³/mol. The molecule has 2 heterocycles. The lowest BCUT2D eigenvalue weighted by molar-refractivity contribution is -0.141. The summed E-state index contributed by atoms with van der Waals surface area (Å²) < 4.78 is 38.2. The van der Waals surface area contributed by atoms with Gasteiger partial charge >= 0.3 is 12.2 Å². The summed E-state index contributed by atoms with van der Waals surface area (Å²) >= 11 is 0. The number of amides is 2. The number of nitrogens with one attached hydrogen (secondary N) is 1. The van der Waals surface area contributed by atoms with E-state index in [1.165, 1.54) is 0 Å². The van der Waals surface area contributed by atoms with Crippen LogP contribution in [-0.4, -0.2) is 53.1 Å². The first kappa shape index (κ1) is 16.8. The summed E-state index contributed by atoms with van der Waals surface area (Å²) in [6.07, 6.45) is 0.777. The lowest BCUT2D eigenvalue weighted by atomic mass is 10.2. The summed E-state index contributed by atoms with van der Waals surface area (Å²) in [4.78, 5) is 22.9. The number of halogens is 3. The Hall–Kier alpha value is -2.06. The van der Waals surface area contributed by atoms with Gasteiger partial charge in [-0.05, 0) is 12.8 Å². The van der Waals surface area contributed by atoms with Gasteiger partial charge in [0.05, 0.1) is 0 Å². The molecule has 0 atom stereocenters. The summed E-state index contributed by atoms with van der Waals surface area (Å²) in [5.74, 6) is 0.244. The Bertz CT molecular complexity index is 581. The van der Waals surface area contributed by atoms with Crippen molar-refractivity contribution in [3.05, 3.63) is 18.1 Å². The van der Waals surface area contributed by atoms with Crippen LogP contribution in [0.5, 0.6) is 0 Å². The van der Waals surface area contributed by atoms with E-state index in [2.05, 4.69) is 15.3 Å². The number of carbonyl (C=O) groups is 1. The molecule has 1 saturated carbocycles. The van der Waals surface area contributed by atoms with Gasteiger partial charge in [0, 0.05) is 38.3 Å². The van der Waals surface area contributed by atoms with E-state index in [4.69, 9.17) is 0 Å². The lowest BCUT2D eigenvalue weighted by Gasteiger charge is -2.36. The zero-order chi connectivity index (χ0) is 17.2. The van der Waals surface area contributed by atoms with Crippen molar-refractivity contribution >= 4 is 11.8 Å². The van der Waals surface area contributed by atoms with E-state index < -0.39 is 11.9 Å². The molecule has 1 aliphatic heterocycles. The third kappa shape index (κ3) is 3.88. The van der Waals surface area contributed by atoms with E-state index in [1.54, 1.807) is 9.80 Å². The molecular formula is C15H20F3N5O. The Morgan fingerprint density at radius 2 is 1.79 bits per heavy atom. The molecule has 2 aliphatic rings. The minimum Gasteiger partial charge on any atom is -0.353 e. The Labute approximate surface area is 138 Å². The fraction of sp³-hybridized carbons (Fsp3) is 0.667. The van der Waals surface area contributed by atoms with E-state index in [0.29, 0.717) is 26.2 Å². The van der Waals surface area contributed by atoms with Gasteiger partial charge in [-0.25, -0.2) is 14.8 Å². The van der Waals surface area contributed by atoms with Gasteiger partial charge < -0.3 is 15.1 Å². The highest BCUT2D eigenvalue weighted by atomic mass is 19.4. The molecule has 0 bridgehead atoms. The Morgan fingerprint density at radius 1 is 1.12 bits per heavy atom.